The second-order valence-electron chi connectivity index (χ2n) is 3.20. The Balaban J connectivity index is 2.88. The summed E-state index contributed by atoms with van der Waals surface area (Å²) in [6.07, 6.45) is -4.27. The van der Waals surface area contributed by atoms with Crippen molar-refractivity contribution in [3.8, 4) is 0 Å². The maximum absolute atomic E-state index is 12.1. The summed E-state index contributed by atoms with van der Waals surface area (Å²) in [5.74, 6) is 0.254. The van der Waals surface area contributed by atoms with Gasteiger partial charge in [-0.15, -0.1) is 11.6 Å². The maximum atomic E-state index is 12.1. The largest absolute Gasteiger partial charge is 0.405 e. The number of anilines is 1. The predicted octanol–water partition coefficient (Wildman–Crippen LogP) is 3.47. The molecule has 0 amide bonds. The summed E-state index contributed by atoms with van der Waals surface area (Å²) in [5, 5.41) is 0.346. The molecule has 0 aromatic carbocycles. The van der Waals surface area contributed by atoms with Crippen molar-refractivity contribution >= 4 is 29.0 Å². The van der Waals surface area contributed by atoms with E-state index in [9.17, 15) is 13.2 Å². The minimum Gasteiger partial charge on any atom is -0.351 e. The summed E-state index contributed by atoms with van der Waals surface area (Å²) in [7, 11) is 1.31. The summed E-state index contributed by atoms with van der Waals surface area (Å²) in [6, 6.07) is 2.90. The van der Waals surface area contributed by atoms with Gasteiger partial charge in [0.15, 0.2) is 0 Å². The van der Waals surface area contributed by atoms with E-state index in [1.807, 2.05) is 0 Å². The molecule has 2 nitrogen and oxygen atoms in total. The number of pyridine rings is 1. The zero-order valence-corrected chi connectivity index (χ0v) is 9.87. The molecule has 0 unspecified atom stereocenters. The number of hydrogen-bond acceptors (Lipinski definition) is 2. The van der Waals surface area contributed by atoms with Gasteiger partial charge in [0.1, 0.15) is 12.4 Å². The molecular weight excluding hydrogens is 264 g/mol. The van der Waals surface area contributed by atoms with Gasteiger partial charge in [0.2, 0.25) is 0 Å². The number of halogens is 5. The van der Waals surface area contributed by atoms with Crippen LogP contribution in [0.3, 0.4) is 0 Å². The fourth-order valence-corrected chi connectivity index (χ4v) is 1.57. The van der Waals surface area contributed by atoms with E-state index in [4.69, 9.17) is 23.2 Å². The van der Waals surface area contributed by atoms with Crippen LogP contribution in [0.15, 0.2) is 12.1 Å². The first-order chi connectivity index (χ1) is 7.33. The van der Waals surface area contributed by atoms with Gasteiger partial charge in [-0.1, -0.05) is 11.6 Å². The van der Waals surface area contributed by atoms with Crippen molar-refractivity contribution in [1.82, 2.24) is 4.98 Å². The lowest BCUT2D eigenvalue weighted by atomic mass is 10.3. The van der Waals surface area contributed by atoms with E-state index >= 15 is 0 Å². The smallest absolute Gasteiger partial charge is 0.351 e. The first-order valence-corrected chi connectivity index (χ1v) is 5.24. The topological polar surface area (TPSA) is 16.1 Å². The lowest BCUT2D eigenvalue weighted by Crippen LogP contribution is -2.31. The molecule has 0 aliphatic heterocycles. The fourth-order valence-electron chi connectivity index (χ4n) is 1.13. The van der Waals surface area contributed by atoms with Crippen LogP contribution < -0.4 is 4.90 Å². The molecule has 0 saturated heterocycles. The van der Waals surface area contributed by atoms with Crippen LogP contribution in [0, 0.1) is 0 Å². The molecule has 0 N–H and O–H groups in total. The van der Waals surface area contributed by atoms with Crippen LogP contribution in [0.2, 0.25) is 5.02 Å². The molecule has 0 spiro atoms. The molecule has 0 fully saturated rings. The number of hydrogen-bond donors (Lipinski definition) is 0. The van der Waals surface area contributed by atoms with E-state index in [1.165, 1.54) is 19.2 Å². The van der Waals surface area contributed by atoms with Gasteiger partial charge in [-0.05, 0) is 12.1 Å². The SMILES string of the molecule is CN(CC(F)(F)F)c1ccc(Cl)c(CCl)n1. The van der Waals surface area contributed by atoms with E-state index in [2.05, 4.69) is 4.98 Å². The Hall–Kier alpha value is -0.680. The van der Waals surface area contributed by atoms with Crippen molar-refractivity contribution in [2.45, 2.75) is 12.1 Å². The lowest BCUT2D eigenvalue weighted by molar-refractivity contribution is -0.119. The molecule has 1 aromatic rings. The zero-order valence-electron chi connectivity index (χ0n) is 8.35. The Morgan fingerprint density at radius 3 is 2.50 bits per heavy atom. The summed E-state index contributed by atoms with van der Waals surface area (Å²) >= 11 is 11.3. The Morgan fingerprint density at radius 2 is 2.00 bits per heavy atom. The number of nitrogens with zero attached hydrogens (tertiary/aromatic N) is 2. The molecular formula is C9H9Cl2F3N2. The van der Waals surface area contributed by atoms with Crippen LogP contribution in [-0.4, -0.2) is 24.8 Å². The molecule has 1 heterocycles. The van der Waals surface area contributed by atoms with Crippen LogP contribution in [0.1, 0.15) is 5.69 Å². The summed E-state index contributed by atoms with van der Waals surface area (Å²) in [5.41, 5.74) is 0.370. The minimum absolute atomic E-state index is 0.0620. The first-order valence-electron chi connectivity index (χ1n) is 4.33. The van der Waals surface area contributed by atoms with Crippen LogP contribution in [0.5, 0.6) is 0 Å². The van der Waals surface area contributed by atoms with Crippen molar-refractivity contribution in [2.75, 3.05) is 18.5 Å². The lowest BCUT2D eigenvalue weighted by Gasteiger charge is -2.20. The normalized spacial score (nSPS) is 11.6. The second kappa shape index (κ2) is 5.10. The van der Waals surface area contributed by atoms with Gasteiger partial charge >= 0.3 is 6.18 Å². The molecule has 16 heavy (non-hydrogen) atoms. The number of alkyl halides is 4. The molecule has 1 rings (SSSR count). The minimum atomic E-state index is -4.27. The van der Waals surface area contributed by atoms with E-state index in [0.29, 0.717) is 10.7 Å². The second-order valence-corrected chi connectivity index (χ2v) is 3.88. The first kappa shape index (κ1) is 13.4. The summed E-state index contributed by atoms with van der Waals surface area (Å²) in [6.45, 7) is -1.07. The van der Waals surface area contributed by atoms with Gasteiger partial charge in [0.25, 0.3) is 0 Å². The fraction of sp³-hybridized carbons (Fsp3) is 0.444. The summed E-state index contributed by atoms with van der Waals surface area (Å²) < 4.78 is 36.4. The third-order valence-electron chi connectivity index (χ3n) is 1.84. The van der Waals surface area contributed by atoms with Crippen molar-refractivity contribution in [1.29, 1.82) is 0 Å². The Bertz CT molecular complexity index is 368. The Morgan fingerprint density at radius 1 is 1.38 bits per heavy atom. The molecule has 0 aliphatic carbocycles. The van der Waals surface area contributed by atoms with Crippen LogP contribution in [-0.2, 0) is 5.88 Å². The number of rotatable bonds is 3. The molecule has 0 bridgehead atoms. The standard InChI is InChI=1S/C9H9Cl2F3N2/c1-16(5-9(12,13)14)8-3-2-6(11)7(4-10)15-8/h2-3H,4-5H2,1H3. The molecule has 0 aliphatic rings. The molecule has 90 valence electrons. The van der Waals surface area contributed by atoms with Gasteiger partial charge in [-0.3, -0.25) is 0 Å². The van der Waals surface area contributed by atoms with Gasteiger partial charge in [-0.25, -0.2) is 4.98 Å². The third-order valence-corrected chi connectivity index (χ3v) is 2.44. The van der Waals surface area contributed by atoms with Crippen molar-refractivity contribution < 1.29 is 13.2 Å². The van der Waals surface area contributed by atoms with E-state index in [1.54, 1.807) is 0 Å². The van der Waals surface area contributed by atoms with Gasteiger partial charge in [0, 0.05) is 7.05 Å². The van der Waals surface area contributed by atoms with Crippen LogP contribution in [0.4, 0.5) is 19.0 Å². The predicted molar refractivity (Wildman–Crippen MR) is 58.1 cm³/mol. The highest BCUT2D eigenvalue weighted by atomic mass is 35.5. The van der Waals surface area contributed by atoms with E-state index in [-0.39, 0.29) is 11.7 Å². The Kier molecular flexibility index (Phi) is 4.27. The number of aromatic nitrogens is 1. The van der Waals surface area contributed by atoms with E-state index < -0.39 is 12.7 Å². The van der Waals surface area contributed by atoms with Gasteiger partial charge < -0.3 is 4.90 Å². The monoisotopic (exact) mass is 272 g/mol. The van der Waals surface area contributed by atoms with Crippen LogP contribution in [0.25, 0.3) is 0 Å². The quantitative estimate of drug-likeness (QED) is 0.784. The average Bonchev–Trinajstić information content (AvgIpc) is 2.15. The van der Waals surface area contributed by atoms with Gasteiger partial charge in [0.05, 0.1) is 16.6 Å². The molecule has 0 atom stereocenters. The highest BCUT2D eigenvalue weighted by Crippen LogP contribution is 2.23. The van der Waals surface area contributed by atoms with E-state index in [0.717, 1.165) is 4.90 Å². The Labute approximate surface area is 101 Å². The third kappa shape index (κ3) is 3.72. The average molecular weight is 273 g/mol. The van der Waals surface area contributed by atoms with Crippen molar-refractivity contribution in [3.05, 3.63) is 22.8 Å². The molecule has 0 saturated carbocycles. The van der Waals surface area contributed by atoms with Crippen molar-refractivity contribution in [2.24, 2.45) is 0 Å². The van der Waals surface area contributed by atoms with Crippen molar-refractivity contribution in [3.63, 3.8) is 0 Å². The summed E-state index contributed by atoms with van der Waals surface area (Å²) in [4.78, 5) is 4.93. The highest BCUT2D eigenvalue weighted by molar-refractivity contribution is 6.32. The van der Waals surface area contributed by atoms with Gasteiger partial charge in [-0.2, -0.15) is 13.2 Å². The molecule has 1 aromatic heterocycles. The zero-order chi connectivity index (χ0) is 12.3. The maximum Gasteiger partial charge on any atom is 0.405 e. The highest BCUT2D eigenvalue weighted by Gasteiger charge is 2.29. The van der Waals surface area contributed by atoms with Crippen LogP contribution >= 0.6 is 23.2 Å². The molecule has 0 radical (unpaired) electrons. The molecule has 7 heteroatoms.